The van der Waals surface area contributed by atoms with Crippen molar-refractivity contribution < 1.29 is 26.8 Å². The number of sulfone groups is 1. The molecule has 1 aromatic carbocycles. The number of nitrogens with zero attached hydrogens (tertiary/aromatic N) is 2. The second-order valence-corrected chi connectivity index (χ2v) is 9.43. The summed E-state index contributed by atoms with van der Waals surface area (Å²) in [6, 6.07) is 2.54. The average molecular weight is 400 g/mol. The van der Waals surface area contributed by atoms with Gasteiger partial charge >= 0.3 is 0 Å². The van der Waals surface area contributed by atoms with E-state index in [2.05, 4.69) is 0 Å². The van der Waals surface area contributed by atoms with Crippen LogP contribution in [0.4, 0.5) is 8.78 Å². The van der Waals surface area contributed by atoms with E-state index in [9.17, 15) is 26.8 Å². The highest BCUT2D eigenvalue weighted by atomic mass is 32.2. The van der Waals surface area contributed by atoms with E-state index in [-0.39, 0.29) is 34.9 Å². The Morgan fingerprint density at radius 2 is 1.81 bits per heavy atom. The summed E-state index contributed by atoms with van der Waals surface area (Å²) in [6.45, 7) is 0.589. The van der Waals surface area contributed by atoms with Crippen LogP contribution >= 0.6 is 0 Å². The zero-order chi connectivity index (χ0) is 19.8. The van der Waals surface area contributed by atoms with Crippen LogP contribution in [-0.2, 0) is 14.6 Å². The summed E-state index contributed by atoms with van der Waals surface area (Å²) in [5.41, 5.74) is -0.186. The van der Waals surface area contributed by atoms with Gasteiger partial charge in [0.2, 0.25) is 5.91 Å². The molecule has 6 nitrogen and oxygen atoms in total. The van der Waals surface area contributed by atoms with Gasteiger partial charge in [0.1, 0.15) is 11.6 Å². The van der Waals surface area contributed by atoms with Crippen LogP contribution in [0.1, 0.15) is 29.6 Å². The van der Waals surface area contributed by atoms with E-state index in [1.807, 2.05) is 0 Å². The average Bonchev–Trinajstić information content (AvgIpc) is 3.00. The van der Waals surface area contributed by atoms with E-state index in [0.717, 1.165) is 12.1 Å². The van der Waals surface area contributed by atoms with Gasteiger partial charge < -0.3 is 9.80 Å². The number of halogens is 2. The first-order chi connectivity index (χ1) is 12.7. The van der Waals surface area contributed by atoms with Gasteiger partial charge in [-0.05, 0) is 31.4 Å². The fraction of sp³-hybridized carbons (Fsp3) is 0.556. The first kappa shape index (κ1) is 19.7. The van der Waals surface area contributed by atoms with Gasteiger partial charge in [-0.15, -0.1) is 0 Å². The van der Waals surface area contributed by atoms with Gasteiger partial charge in [-0.25, -0.2) is 17.2 Å². The first-order valence-electron chi connectivity index (χ1n) is 8.89. The van der Waals surface area contributed by atoms with Crippen LogP contribution in [0, 0.1) is 17.6 Å². The third kappa shape index (κ3) is 4.28. The lowest BCUT2D eigenvalue weighted by Gasteiger charge is -2.34. The van der Waals surface area contributed by atoms with Gasteiger partial charge in [0.05, 0.1) is 17.1 Å². The van der Waals surface area contributed by atoms with Gasteiger partial charge in [-0.1, -0.05) is 0 Å². The van der Waals surface area contributed by atoms with Crippen molar-refractivity contribution in [3.63, 3.8) is 0 Å². The van der Waals surface area contributed by atoms with E-state index < -0.39 is 27.4 Å². The molecule has 0 spiro atoms. The van der Waals surface area contributed by atoms with Crippen LogP contribution in [0.15, 0.2) is 18.2 Å². The molecule has 148 valence electrons. The topological polar surface area (TPSA) is 74.8 Å². The minimum atomic E-state index is -3.07. The summed E-state index contributed by atoms with van der Waals surface area (Å²) in [5.74, 6) is -2.47. The second-order valence-electron chi connectivity index (χ2n) is 7.20. The maximum atomic E-state index is 13.8. The molecule has 2 saturated heterocycles. The number of rotatable bonds is 3. The zero-order valence-electron chi connectivity index (χ0n) is 15.0. The molecule has 0 bridgehead atoms. The third-order valence-electron chi connectivity index (χ3n) is 5.40. The van der Waals surface area contributed by atoms with E-state index in [1.54, 1.807) is 7.05 Å². The van der Waals surface area contributed by atoms with Crippen LogP contribution in [0.5, 0.6) is 0 Å². The monoisotopic (exact) mass is 400 g/mol. The normalized spacial score (nSPS) is 22.6. The molecule has 2 aliphatic rings. The number of amides is 2. The molecule has 2 aliphatic heterocycles. The Bertz CT molecular complexity index is 851. The molecule has 3 rings (SSSR count). The van der Waals surface area contributed by atoms with Crippen LogP contribution in [0.2, 0.25) is 0 Å². The molecule has 0 radical (unpaired) electrons. The number of hydrogen-bond donors (Lipinski definition) is 0. The van der Waals surface area contributed by atoms with Gasteiger partial charge in [0, 0.05) is 38.2 Å². The van der Waals surface area contributed by atoms with Crippen LogP contribution in [0.3, 0.4) is 0 Å². The Morgan fingerprint density at radius 1 is 1.15 bits per heavy atom. The van der Waals surface area contributed by atoms with Crippen LogP contribution < -0.4 is 0 Å². The van der Waals surface area contributed by atoms with Crippen molar-refractivity contribution in [1.29, 1.82) is 0 Å². The van der Waals surface area contributed by atoms with Crippen molar-refractivity contribution in [3.05, 3.63) is 35.4 Å². The van der Waals surface area contributed by atoms with Gasteiger partial charge in [-0.3, -0.25) is 9.59 Å². The minimum Gasteiger partial charge on any atom is -0.341 e. The summed E-state index contributed by atoms with van der Waals surface area (Å²) in [6.07, 6.45) is 1.31. The standard InChI is InChI=1S/C18H22F2N2O4S/c1-21(14-6-9-27(25,26)11-14)17(23)12-4-7-22(8-5-12)18(24)15-3-2-13(19)10-16(15)20/h2-3,10,12,14H,4-9,11H2,1H3. The van der Waals surface area contributed by atoms with Gasteiger partial charge in [0.25, 0.3) is 5.91 Å². The van der Waals surface area contributed by atoms with Gasteiger partial charge in [0.15, 0.2) is 9.84 Å². The van der Waals surface area contributed by atoms with Crippen LogP contribution in [0.25, 0.3) is 0 Å². The largest absolute Gasteiger partial charge is 0.341 e. The molecule has 0 saturated carbocycles. The summed E-state index contributed by atoms with van der Waals surface area (Å²) >= 11 is 0. The van der Waals surface area contributed by atoms with Crippen molar-refractivity contribution in [3.8, 4) is 0 Å². The van der Waals surface area contributed by atoms with Crippen molar-refractivity contribution in [2.45, 2.75) is 25.3 Å². The van der Waals surface area contributed by atoms with Crippen molar-refractivity contribution in [2.24, 2.45) is 5.92 Å². The molecule has 2 fully saturated rings. The summed E-state index contributed by atoms with van der Waals surface area (Å²) in [7, 11) is -1.45. The smallest absolute Gasteiger partial charge is 0.256 e. The Labute approximate surface area is 157 Å². The molecule has 1 atom stereocenters. The van der Waals surface area contributed by atoms with Gasteiger partial charge in [-0.2, -0.15) is 0 Å². The predicted octanol–water partition coefficient (Wildman–Crippen LogP) is 1.46. The van der Waals surface area contributed by atoms with E-state index >= 15 is 0 Å². The SMILES string of the molecule is CN(C(=O)C1CCN(C(=O)c2ccc(F)cc2F)CC1)C1CCS(=O)(=O)C1. The minimum absolute atomic E-state index is 0.00356. The molecular formula is C18H22F2N2O4S. The Balaban J connectivity index is 1.58. The van der Waals surface area contributed by atoms with Crippen molar-refractivity contribution in [2.75, 3.05) is 31.6 Å². The number of hydrogen-bond acceptors (Lipinski definition) is 4. The predicted molar refractivity (Wildman–Crippen MR) is 94.8 cm³/mol. The molecule has 1 unspecified atom stereocenters. The molecule has 2 heterocycles. The molecule has 9 heteroatoms. The fourth-order valence-electron chi connectivity index (χ4n) is 3.71. The van der Waals surface area contributed by atoms with Crippen LogP contribution in [-0.4, -0.2) is 67.7 Å². The molecule has 27 heavy (non-hydrogen) atoms. The molecule has 2 amide bonds. The first-order valence-corrected chi connectivity index (χ1v) is 10.7. The number of carbonyl (C=O) groups excluding carboxylic acids is 2. The lowest BCUT2D eigenvalue weighted by atomic mass is 9.94. The Kier molecular flexibility index (Phi) is 5.50. The number of likely N-dealkylation sites (tertiary alicyclic amines) is 1. The second kappa shape index (κ2) is 7.53. The summed E-state index contributed by atoms with van der Waals surface area (Å²) < 4.78 is 50.0. The van der Waals surface area contributed by atoms with Crippen molar-refractivity contribution in [1.82, 2.24) is 9.80 Å². The summed E-state index contributed by atoms with van der Waals surface area (Å²) in [5, 5.41) is 0. The Morgan fingerprint density at radius 3 is 2.37 bits per heavy atom. The Hall–Kier alpha value is -2.03. The highest BCUT2D eigenvalue weighted by molar-refractivity contribution is 7.91. The maximum Gasteiger partial charge on any atom is 0.256 e. The highest BCUT2D eigenvalue weighted by Gasteiger charge is 2.36. The lowest BCUT2D eigenvalue weighted by molar-refractivity contribution is -0.137. The zero-order valence-corrected chi connectivity index (χ0v) is 15.8. The molecular weight excluding hydrogens is 378 g/mol. The number of benzene rings is 1. The number of carbonyl (C=O) groups is 2. The fourth-order valence-corrected chi connectivity index (χ4v) is 5.49. The quantitative estimate of drug-likeness (QED) is 0.770. The number of piperidine rings is 1. The molecule has 0 aliphatic carbocycles. The lowest BCUT2D eigenvalue weighted by Crippen LogP contribution is -2.46. The third-order valence-corrected chi connectivity index (χ3v) is 7.15. The molecule has 0 aromatic heterocycles. The van der Waals surface area contributed by atoms with E-state index in [0.29, 0.717) is 38.4 Å². The molecule has 0 N–H and O–H groups in total. The maximum absolute atomic E-state index is 13.8. The molecule has 1 aromatic rings. The van der Waals surface area contributed by atoms with Crippen molar-refractivity contribution >= 4 is 21.7 Å². The summed E-state index contributed by atoms with van der Waals surface area (Å²) in [4.78, 5) is 28.1. The highest BCUT2D eigenvalue weighted by Crippen LogP contribution is 2.25. The van der Waals surface area contributed by atoms with E-state index in [4.69, 9.17) is 0 Å². The van der Waals surface area contributed by atoms with E-state index in [1.165, 1.54) is 9.80 Å².